The van der Waals surface area contributed by atoms with Gasteiger partial charge in [0.1, 0.15) is 11.6 Å². The fraction of sp³-hybridized carbons (Fsp3) is 0.200. The van der Waals surface area contributed by atoms with Gasteiger partial charge in [-0.2, -0.15) is 0 Å². The summed E-state index contributed by atoms with van der Waals surface area (Å²) in [5.74, 6) is 0.699. The third kappa shape index (κ3) is 2.21. The van der Waals surface area contributed by atoms with E-state index in [9.17, 15) is 9.59 Å². The number of carbonyl (C=O) groups is 2. The maximum absolute atomic E-state index is 10.8. The standard InChI is InChI=1S/C10H10N4O4/c15-9(16)13-5-3-11-7(13)1-2-8-12-4-6-14(8)10(17)18/h3-6H,1-2H2,(H,15,16)(H,17,18). The lowest BCUT2D eigenvalue weighted by Gasteiger charge is -2.03. The van der Waals surface area contributed by atoms with E-state index >= 15 is 0 Å². The van der Waals surface area contributed by atoms with Gasteiger partial charge in [0.05, 0.1) is 0 Å². The summed E-state index contributed by atoms with van der Waals surface area (Å²) < 4.78 is 1.99. The van der Waals surface area contributed by atoms with Crippen molar-refractivity contribution in [3.8, 4) is 0 Å². The normalized spacial score (nSPS) is 10.4. The van der Waals surface area contributed by atoms with Gasteiger partial charge in [0, 0.05) is 37.6 Å². The van der Waals surface area contributed by atoms with Crippen molar-refractivity contribution in [1.82, 2.24) is 19.1 Å². The molecular weight excluding hydrogens is 240 g/mol. The molecule has 0 aliphatic heterocycles. The Balaban J connectivity index is 2.12. The third-order valence-electron chi connectivity index (χ3n) is 2.42. The number of carboxylic acid groups (broad SMARTS) is 2. The van der Waals surface area contributed by atoms with E-state index in [1.165, 1.54) is 24.8 Å². The van der Waals surface area contributed by atoms with Gasteiger partial charge >= 0.3 is 12.2 Å². The van der Waals surface area contributed by atoms with Crippen LogP contribution in [-0.2, 0) is 12.8 Å². The molecule has 2 rings (SSSR count). The Kier molecular flexibility index (Phi) is 3.09. The maximum atomic E-state index is 10.8. The molecule has 8 heteroatoms. The molecule has 2 aromatic rings. The van der Waals surface area contributed by atoms with Crippen LogP contribution in [0.15, 0.2) is 24.8 Å². The Morgan fingerprint density at radius 1 is 0.944 bits per heavy atom. The molecule has 0 saturated heterocycles. The summed E-state index contributed by atoms with van der Waals surface area (Å²) in [6.45, 7) is 0. The van der Waals surface area contributed by atoms with Crippen molar-refractivity contribution in [2.45, 2.75) is 12.8 Å². The zero-order chi connectivity index (χ0) is 13.1. The summed E-state index contributed by atoms with van der Waals surface area (Å²) in [5.41, 5.74) is 0. The summed E-state index contributed by atoms with van der Waals surface area (Å²) in [7, 11) is 0. The average Bonchev–Trinajstić information content (AvgIpc) is 2.94. The molecule has 0 radical (unpaired) electrons. The smallest absolute Gasteiger partial charge is 0.416 e. The van der Waals surface area contributed by atoms with E-state index < -0.39 is 12.2 Å². The highest BCUT2D eigenvalue weighted by molar-refractivity contribution is 5.69. The maximum Gasteiger partial charge on any atom is 0.416 e. The summed E-state index contributed by atoms with van der Waals surface area (Å²) >= 11 is 0. The first kappa shape index (κ1) is 11.8. The molecule has 0 fully saturated rings. The second-order valence-electron chi connectivity index (χ2n) is 3.49. The van der Waals surface area contributed by atoms with Crippen LogP contribution in [0.2, 0.25) is 0 Å². The average molecular weight is 250 g/mol. The van der Waals surface area contributed by atoms with Gasteiger partial charge in [-0.15, -0.1) is 0 Å². The van der Waals surface area contributed by atoms with Gasteiger partial charge in [-0.05, 0) is 0 Å². The zero-order valence-electron chi connectivity index (χ0n) is 9.22. The minimum atomic E-state index is -1.12. The predicted octanol–water partition coefficient (Wildman–Crippen LogP) is 0.917. The van der Waals surface area contributed by atoms with Gasteiger partial charge in [-0.25, -0.2) is 28.7 Å². The number of aromatic nitrogens is 4. The lowest BCUT2D eigenvalue weighted by Crippen LogP contribution is -2.15. The predicted molar refractivity (Wildman–Crippen MR) is 58.7 cm³/mol. The first-order chi connectivity index (χ1) is 8.59. The van der Waals surface area contributed by atoms with E-state index in [0.29, 0.717) is 24.5 Å². The molecular formula is C10H10N4O4. The lowest BCUT2D eigenvalue weighted by atomic mass is 10.3. The fourth-order valence-corrected chi connectivity index (χ4v) is 1.61. The van der Waals surface area contributed by atoms with Crippen LogP contribution in [-0.4, -0.2) is 41.5 Å². The van der Waals surface area contributed by atoms with Crippen molar-refractivity contribution in [1.29, 1.82) is 0 Å². The van der Waals surface area contributed by atoms with Crippen LogP contribution in [0.25, 0.3) is 0 Å². The minimum Gasteiger partial charge on any atom is -0.464 e. The highest BCUT2D eigenvalue weighted by Crippen LogP contribution is 2.05. The van der Waals surface area contributed by atoms with Crippen molar-refractivity contribution >= 4 is 12.2 Å². The quantitative estimate of drug-likeness (QED) is 0.837. The molecule has 0 saturated carbocycles. The number of imidazole rings is 2. The molecule has 2 aromatic heterocycles. The molecule has 8 nitrogen and oxygen atoms in total. The Morgan fingerprint density at radius 2 is 1.33 bits per heavy atom. The van der Waals surface area contributed by atoms with Crippen molar-refractivity contribution in [2.75, 3.05) is 0 Å². The third-order valence-corrected chi connectivity index (χ3v) is 2.42. The zero-order valence-corrected chi connectivity index (χ0v) is 9.22. The first-order valence-electron chi connectivity index (χ1n) is 5.10. The number of rotatable bonds is 3. The van der Waals surface area contributed by atoms with E-state index in [0.717, 1.165) is 9.13 Å². The van der Waals surface area contributed by atoms with Crippen LogP contribution in [0.1, 0.15) is 11.6 Å². The van der Waals surface area contributed by atoms with Gasteiger partial charge < -0.3 is 10.2 Å². The fourth-order valence-electron chi connectivity index (χ4n) is 1.61. The number of aryl methyl sites for hydroxylation is 2. The van der Waals surface area contributed by atoms with Gasteiger partial charge in [-0.1, -0.05) is 0 Å². The van der Waals surface area contributed by atoms with Crippen LogP contribution < -0.4 is 0 Å². The van der Waals surface area contributed by atoms with Crippen molar-refractivity contribution in [3.63, 3.8) is 0 Å². The molecule has 0 unspecified atom stereocenters. The molecule has 0 aromatic carbocycles. The molecule has 0 bridgehead atoms. The summed E-state index contributed by atoms with van der Waals surface area (Å²) in [6, 6.07) is 0. The van der Waals surface area contributed by atoms with Gasteiger partial charge in [0.25, 0.3) is 0 Å². The number of hydrogen-bond donors (Lipinski definition) is 2. The Labute approximate surface area is 101 Å². The molecule has 2 heterocycles. The molecule has 0 aliphatic carbocycles. The van der Waals surface area contributed by atoms with Crippen LogP contribution >= 0.6 is 0 Å². The molecule has 2 N–H and O–H groups in total. The summed E-state index contributed by atoms with van der Waals surface area (Å²) in [4.78, 5) is 29.5. The van der Waals surface area contributed by atoms with Gasteiger partial charge in [0.2, 0.25) is 0 Å². The number of hydrogen-bond acceptors (Lipinski definition) is 4. The molecule has 18 heavy (non-hydrogen) atoms. The van der Waals surface area contributed by atoms with E-state index in [1.54, 1.807) is 0 Å². The van der Waals surface area contributed by atoms with E-state index in [-0.39, 0.29) is 0 Å². The van der Waals surface area contributed by atoms with Crippen molar-refractivity contribution in [3.05, 3.63) is 36.4 Å². The van der Waals surface area contributed by atoms with Crippen molar-refractivity contribution < 1.29 is 19.8 Å². The number of nitrogens with zero attached hydrogens (tertiary/aromatic N) is 4. The highest BCUT2D eigenvalue weighted by Gasteiger charge is 2.12. The molecule has 0 atom stereocenters. The Hall–Kier alpha value is -2.64. The van der Waals surface area contributed by atoms with Crippen LogP contribution in [0, 0.1) is 0 Å². The van der Waals surface area contributed by atoms with Gasteiger partial charge in [-0.3, -0.25) is 0 Å². The molecule has 0 spiro atoms. The Morgan fingerprint density at radius 3 is 1.67 bits per heavy atom. The molecule has 94 valence electrons. The Bertz CT molecular complexity index is 534. The van der Waals surface area contributed by atoms with Crippen LogP contribution in [0.5, 0.6) is 0 Å². The largest absolute Gasteiger partial charge is 0.464 e. The topological polar surface area (TPSA) is 110 Å². The first-order valence-corrected chi connectivity index (χ1v) is 5.10. The monoisotopic (exact) mass is 250 g/mol. The minimum absolute atomic E-state index is 0.295. The highest BCUT2D eigenvalue weighted by atomic mass is 16.4. The molecule has 0 amide bonds. The lowest BCUT2D eigenvalue weighted by molar-refractivity contribution is 0.193. The van der Waals surface area contributed by atoms with Gasteiger partial charge in [0.15, 0.2) is 0 Å². The van der Waals surface area contributed by atoms with Crippen LogP contribution in [0.4, 0.5) is 9.59 Å². The SMILES string of the molecule is O=C(O)n1ccnc1CCc1nccn1C(=O)O. The van der Waals surface area contributed by atoms with Crippen molar-refractivity contribution in [2.24, 2.45) is 0 Å². The summed E-state index contributed by atoms with van der Waals surface area (Å²) in [5, 5.41) is 17.7. The van der Waals surface area contributed by atoms with E-state index in [2.05, 4.69) is 9.97 Å². The van der Waals surface area contributed by atoms with Crippen LogP contribution in [0.3, 0.4) is 0 Å². The second kappa shape index (κ2) is 4.70. The second-order valence-corrected chi connectivity index (χ2v) is 3.49. The molecule has 0 aliphatic rings. The van der Waals surface area contributed by atoms with E-state index in [4.69, 9.17) is 10.2 Å². The van der Waals surface area contributed by atoms with E-state index in [1.807, 2.05) is 0 Å². The summed E-state index contributed by atoms with van der Waals surface area (Å²) in [6.07, 6.45) is 3.78.